The quantitative estimate of drug-likeness (QED) is 0.549. The Hall–Kier alpha value is -0.830. The van der Waals surface area contributed by atoms with E-state index < -0.39 is 11.9 Å². The maximum Gasteiger partial charge on any atom is 0.308 e. The minimum absolute atomic E-state index is 0.182. The highest BCUT2D eigenvalue weighted by atomic mass is 16.4. The first kappa shape index (κ1) is 8.27. The minimum atomic E-state index is -0.793. The minimum Gasteiger partial charge on any atom is -0.481 e. The highest BCUT2D eigenvalue weighted by molar-refractivity contribution is 5.71. The van der Waals surface area contributed by atoms with Crippen LogP contribution in [-0.2, 0) is 4.79 Å². The van der Waals surface area contributed by atoms with Gasteiger partial charge in [0, 0.05) is 6.04 Å². The first-order valence-electron chi connectivity index (χ1n) is 3.76. The highest BCUT2D eigenvalue weighted by Gasteiger charge is 2.29. The molecule has 0 heterocycles. The first-order chi connectivity index (χ1) is 5.11. The monoisotopic (exact) mass is 155 g/mol. The summed E-state index contributed by atoms with van der Waals surface area (Å²) in [6.45, 7) is 3.76. The summed E-state index contributed by atoms with van der Waals surface area (Å²) in [4.78, 5) is 10.6. The fraction of sp³-hybridized carbons (Fsp3) is 0.625. The van der Waals surface area contributed by atoms with Gasteiger partial charge in [-0.15, -0.1) is 0 Å². The summed E-state index contributed by atoms with van der Waals surface area (Å²) in [5.74, 6) is -1.20. The molecule has 0 saturated heterocycles. The number of hydrogen-bond acceptors (Lipinski definition) is 2. The lowest BCUT2D eigenvalue weighted by Crippen LogP contribution is -2.38. The average molecular weight is 155 g/mol. The van der Waals surface area contributed by atoms with Gasteiger partial charge >= 0.3 is 5.97 Å². The molecule has 0 aromatic carbocycles. The summed E-state index contributed by atoms with van der Waals surface area (Å²) in [5.41, 5.74) is 6.63. The van der Waals surface area contributed by atoms with E-state index in [0.29, 0.717) is 6.42 Å². The lowest BCUT2D eigenvalue weighted by atomic mass is 9.83. The molecule has 0 aromatic rings. The van der Waals surface area contributed by atoms with Crippen molar-refractivity contribution in [3.63, 3.8) is 0 Å². The van der Waals surface area contributed by atoms with Crippen molar-refractivity contribution in [2.75, 3.05) is 0 Å². The summed E-state index contributed by atoms with van der Waals surface area (Å²) >= 11 is 0. The molecule has 11 heavy (non-hydrogen) atoms. The Morgan fingerprint density at radius 2 is 2.36 bits per heavy atom. The molecule has 2 unspecified atom stereocenters. The summed E-state index contributed by atoms with van der Waals surface area (Å²) in [6.07, 6.45) is 2.19. The zero-order valence-electron chi connectivity index (χ0n) is 6.42. The topological polar surface area (TPSA) is 63.3 Å². The number of carboxylic acids is 1. The van der Waals surface area contributed by atoms with Crippen molar-refractivity contribution in [3.05, 3.63) is 12.2 Å². The third-order valence-corrected chi connectivity index (χ3v) is 2.17. The molecule has 0 aromatic heterocycles. The lowest BCUT2D eigenvalue weighted by molar-refractivity contribution is -0.142. The Morgan fingerprint density at radius 1 is 1.73 bits per heavy atom. The molecule has 0 radical (unpaired) electrons. The van der Waals surface area contributed by atoms with E-state index in [0.717, 1.165) is 18.4 Å². The zero-order valence-corrected chi connectivity index (χ0v) is 6.42. The molecular formula is C8H13NO2. The van der Waals surface area contributed by atoms with Gasteiger partial charge in [-0.05, 0) is 19.3 Å². The van der Waals surface area contributed by atoms with Crippen molar-refractivity contribution < 1.29 is 9.90 Å². The average Bonchev–Trinajstić information content (AvgIpc) is 1.94. The van der Waals surface area contributed by atoms with Gasteiger partial charge < -0.3 is 10.8 Å². The molecule has 1 aliphatic rings. The highest BCUT2D eigenvalue weighted by Crippen LogP contribution is 2.26. The number of nitrogens with two attached hydrogens (primary N) is 1. The third-order valence-electron chi connectivity index (χ3n) is 2.17. The van der Waals surface area contributed by atoms with Crippen LogP contribution in [0, 0.1) is 5.92 Å². The number of aliphatic carboxylic acids is 1. The maximum atomic E-state index is 10.6. The molecule has 0 aliphatic heterocycles. The van der Waals surface area contributed by atoms with Crippen LogP contribution >= 0.6 is 0 Å². The standard InChI is InChI=1S/C8H13NO2/c1-5-2-3-7(9)6(4-5)8(10)11/h6-7H,1-4,9H2,(H,10,11). The molecule has 0 amide bonds. The molecule has 1 fully saturated rings. The van der Waals surface area contributed by atoms with Gasteiger partial charge in [-0.2, -0.15) is 0 Å². The van der Waals surface area contributed by atoms with E-state index in [1.807, 2.05) is 0 Å². The molecular weight excluding hydrogens is 142 g/mol. The predicted molar refractivity (Wildman–Crippen MR) is 42.1 cm³/mol. The number of carboxylic acid groups (broad SMARTS) is 1. The molecule has 62 valence electrons. The van der Waals surface area contributed by atoms with Gasteiger partial charge in [0.2, 0.25) is 0 Å². The largest absolute Gasteiger partial charge is 0.481 e. The van der Waals surface area contributed by atoms with Gasteiger partial charge in [0.25, 0.3) is 0 Å². The second-order valence-electron chi connectivity index (χ2n) is 3.10. The van der Waals surface area contributed by atoms with E-state index in [2.05, 4.69) is 6.58 Å². The van der Waals surface area contributed by atoms with E-state index in [-0.39, 0.29) is 6.04 Å². The van der Waals surface area contributed by atoms with Gasteiger partial charge in [0.05, 0.1) is 5.92 Å². The van der Waals surface area contributed by atoms with Crippen LogP contribution < -0.4 is 5.73 Å². The molecule has 1 aliphatic carbocycles. The lowest BCUT2D eigenvalue weighted by Gasteiger charge is -2.26. The zero-order chi connectivity index (χ0) is 8.43. The van der Waals surface area contributed by atoms with Crippen LogP contribution in [0.25, 0.3) is 0 Å². The fourth-order valence-corrected chi connectivity index (χ4v) is 1.41. The van der Waals surface area contributed by atoms with E-state index in [9.17, 15) is 4.79 Å². The van der Waals surface area contributed by atoms with Gasteiger partial charge in [-0.1, -0.05) is 12.2 Å². The van der Waals surface area contributed by atoms with E-state index in [1.54, 1.807) is 0 Å². The fourth-order valence-electron chi connectivity index (χ4n) is 1.41. The van der Waals surface area contributed by atoms with Crippen molar-refractivity contribution >= 4 is 5.97 Å². The van der Waals surface area contributed by atoms with E-state index >= 15 is 0 Å². The molecule has 2 atom stereocenters. The molecule has 1 rings (SSSR count). The van der Waals surface area contributed by atoms with Crippen LogP contribution in [0.3, 0.4) is 0 Å². The van der Waals surface area contributed by atoms with Crippen molar-refractivity contribution in [2.24, 2.45) is 11.7 Å². The Bertz CT molecular complexity index is 189. The van der Waals surface area contributed by atoms with Gasteiger partial charge in [-0.3, -0.25) is 4.79 Å². The van der Waals surface area contributed by atoms with Crippen LogP contribution in [0.5, 0.6) is 0 Å². The summed E-state index contributed by atoms with van der Waals surface area (Å²) in [6, 6.07) is -0.182. The third kappa shape index (κ3) is 1.80. The Balaban J connectivity index is 2.61. The summed E-state index contributed by atoms with van der Waals surface area (Å²) < 4.78 is 0. The Morgan fingerprint density at radius 3 is 2.82 bits per heavy atom. The predicted octanol–water partition coefficient (Wildman–Crippen LogP) is 0.755. The normalized spacial score (nSPS) is 31.9. The molecule has 1 saturated carbocycles. The molecule has 0 bridgehead atoms. The number of carbonyl (C=O) groups is 1. The van der Waals surface area contributed by atoms with Crippen molar-refractivity contribution in [3.8, 4) is 0 Å². The molecule has 3 heteroatoms. The SMILES string of the molecule is C=C1CCC(N)C(C(=O)O)C1. The van der Waals surface area contributed by atoms with E-state index in [4.69, 9.17) is 10.8 Å². The second kappa shape index (κ2) is 3.05. The summed E-state index contributed by atoms with van der Waals surface area (Å²) in [5, 5.41) is 8.71. The van der Waals surface area contributed by atoms with Gasteiger partial charge in [0.1, 0.15) is 0 Å². The van der Waals surface area contributed by atoms with Crippen LogP contribution in [0.15, 0.2) is 12.2 Å². The Labute approximate surface area is 65.9 Å². The van der Waals surface area contributed by atoms with Crippen molar-refractivity contribution in [2.45, 2.75) is 25.3 Å². The van der Waals surface area contributed by atoms with Crippen LogP contribution in [-0.4, -0.2) is 17.1 Å². The molecule has 0 spiro atoms. The van der Waals surface area contributed by atoms with Crippen LogP contribution in [0.2, 0.25) is 0 Å². The first-order valence-corrected chi connectivity index (χ1v) is 3.76. The Kier molecular flexibility index (Phi) is 2.29. The van der Waals surface area contributed by atoms with Crippen LogP contribution in [0.1, 0.15) is 19.3 Å². The number of allylic oxidation sites excluding steroid dienone is 1. The van der Waals surface area contributed by atoms with Crippen molar-refractivity contribution in [1.29, 1.82) is 0 Å². The molecule has 3 N–H and O–H groups in total. The van der Waals surface area contributed by atoms with Gasteiger partial charge in [0.15, 0.2) is 0 Å². The van der Waals surface area contributed by atoms with Crippen molar-refractivity contribution in [1.82, 2.24) is 0 Å². The van der Waals surface area contributed by atoms with Crippen LogP contribution in [0.4, 0.5) is 0 Å². The van der Waals surface area contributed by atoms with Gasteiger partial charge in [-0.25, -0.2) is 0 Å². The number of hydrogen-bond donors (Lipinski definition) is 2. The maximum absolute atomic E-state index is 10.6. The number of rotatable bonds is 1. The molecule has 3 nitrogen and oxygen atoms in total. The smallest absolute Gasteiger partial charge is 0.308 e. The summed E-state index contributed by atoms with van der Waals surface area (Å²) in [7, 11) is 0. The second-order valence-corrected chi connectivity index (χ2v) is 3.10. The van der Waals surface area contributed by atoms with E-state index in [1.165, 1.54) is 0 Å².